The third kappa shape index (κ3) is 3.93. The topological polar surface area (TPSA) is 78.1 Å². The van der Waals surface area contributed by atoms with Crippen molar-refractivity contribution in [3.63, 3.8) is 0 Å². The molecule has 2 aliphatic rings. The van der Waals surface area contributed by atoms with Crippen molar-refractivity contribution in [1.29, 1.82) is 0 Å². The summed E-state index contributed by atoms with van der Waals surface area (Å²) < 4.78 is 12.2. The number of carbonyl (C=O) groups is 1. The summed E-state index contributed by atoms with van der Waals surface area (Å²) in [6.45, 7) is 6.05. The second-order valence-electron chi connectivity index (χ2n) is 5.76. The number of ether oxygens (including phenoxy) is 2. The molecule has 132 valence electrons. The Morgan fingerprint density at radius 2 is 2.32 bits per heavy atom. The zero-order valence-electron chi connectivity index (χ0n) is 14.5. The van der Waals surface area contributed by atoms with Gasteiger partial charge in [-0.2, -0.15) is 10.2 Å². The Morgan fingerprint density at radius 3 is 3.00 bits per heavy atom. The molecule has 0 saturated carbocycles. The van der Waals surface area contributed by atoms with Gasteiger partial charge in [0.05, 0.1) is 38.1 Å². The summed E-state index contributed by atoms with van der Waals surface area (Å²) in [7, 11) is 0. The first kappa shape index (κ1) is 17.3. The molecule has 1 aromatic heterocycles. The van der Waals surface area contributed by atoms with Crippen LogP contribution in [0.25, 0.3) is 5.57 Å². The number of esters is 1. The van der Waals surface area contributed by atoms with Gasteiger partial charge in [-0.1, -0.05) is 18.2 Å². The van der Waals surface area contributed by atoms with Crippen molar-refractivity contribution < 1.29 is 14.3 Å². The number of allylic oxidation sites excluding steroid dienone is 4. The molecule has 1 fully saturated rings. The van der Waals surface area contributed by atoms with Crippen molar-refractivity contribution in [2.45, 2.75) is 26.3 Å². The second kappa shape index (κ2) is 8.02. The van der Waals surface area contributed by atoms with Crippen LogP contribution in [-0.2, 0) is 14.3 Å². The second-order valence-corrected chi connectivity index (χ2v) is 5.76. The molecule has 1 aromatic rings. The summed E-state index contributed by atoms with van der Waals surface area (Å²) in [6.07, 6.45) is 8.50. The van der Waals surface area contributed by atoms with E-state index >= 15 is 0 Å². The average molecular weight is 342 g/mol. The molecule has 2 aliphatic heterocycles. The van der Waals surface area contributed by atoms with Gasteiger partial charge in [0.2, 0.25) is 0 Å². The van der Waals surface area contributed by atoms with Gasteiger partial charge < -0.3 is 9.47 Å². The van der Waals surface area contributed by atoms with Crippen LogP contribution in [-0.4, -0.2) is 42.1 Å². The molecule has 0 spiro atoms. The monoisotopic (exact) mass is 342 g/mol. The van der Waals surface area contributed by atoms with Gasteiger partial charge in [-0.25, -0.2) is 4.79 Å². The molecular weight excluding hydrogens is 320 g/mol. The van der Waals surface area contributed by atoms with Crippen LogP contribution in [0.15, 0.2) is 52.0 Å². The van der Waals surface area contributed by atoms with E-state index in [-0.39, 0.29) is 5.70 Å². The van der Waals surface area contributed by atoms with Crippen LogP contribution in [0, 0.1) is 0 Å². The summed E-state index contributed by atoms with van der Waals surface area (Å²) in [5, 5.41) is 12.5. The van der Waals surface area contributed by atoms with E-state index < -0.39 is 5.97 Å². The van der Waals surface area contributed by atoms with Crippen molar-refractivity contribution in [3.05, 3.63) is 47.5 Å². The largest absolute Gasteiger partial charge is 0.461 e. The van der Waals surface area contributed by atoms with Crippen LogP contribution in [0.5, 0.6) is 0 Å². The molecule has 0 radical (unpaired) electrons. The molecule has 3 rings (SSSR count). The number of nitrogens with zero attached hydrogens (tertiary/aromatic N) is 4. The third-order valence-corrected chi connectivity index (χ3v) is 4.10. The van der Waals surface area contributed by atoms with Crippen molar-refractivity contribution in [2.75, 3.05) is 26.4 Å². The van der Waals surface area contributed by atoms with Crippen LogP contribution >= 0.6 is 0 Å². The van der Waals surface area contributed by atoms with Crippen molar-refractivity contribution in [3.8, 4) is 0 Å². The van der Waals surface area contributed by atoms with E-state index in [2.05, 4.69) is 15.3 Å². The van der Waals surface area contributed by atoms with Gasteiger partial charge in [0.15, 0.2) is 5.70 Å². The maximum absolute atomic E-state index is 12.0. The van der Waals surface area contributed by atoms with E-state index in [1.807, 2.05) is 42.1 Å². The number of carbonyl (C=O) groups excluding carboxylic acids is 1. The Labute approximate surface area is 146 Å². The van der Waals surface area contributed by atoms with E-state index in [4.69, 9.17) is 9.47 Å². The first-order chi connectivity index (χ1) is 12.2. The first-order valence-electron chi connectivity index (χ1n) is 8.48. The SMILES string of the molecule is C/C=C(\C=C/C1=C(C(=O)OCC)N=NCC1)c1ccn(C2COC2)n1. The lowest BCUT2D eigenvalue weighted by molar-refractivity contribution is -0.138. The average Bonchev–Trinajstić information content (AvgIpc) is 3.03. The van der Waals surface area contributed by atoms with Crippen molar-refractivity contribution in [2.24, 2.45) is 10.2 Å². The lowest BCUT2D eigenvalue weighted by Gasteiger charge is -2.25. The fourth-order valence-electron chi connectivity index (χ4n) is 2.60. The number of azo groups is 1. The van der Waals surface area contributed by atoms with Crippen LogP contribution in [0.3, 0.4) is 0 Å². The van der Waals surface area contributed by atoms with Crippen LogP contribution in [0.1, 0.15) is 32.0 Å². The highest BCUT2D eigenvalue weighted by molar-refractivity contribution is 5.89. The molecule has 7 heteroatoms. The quantitative estimate of drug-likeness (QED) is 0.588. The molecule has 25 heavy (non-hydrogen) atoms. The Kier molecular flexibility index (Phi) is 5.55. The molecule has 3 heterocycles. The molecule has 0 amide bonds. The molecule has 0 unspecified atom stereocenters. The number of aromatic nitrogens is 2. The molecule has 0 aromatic carbocycles. The molecule has 0 aliphatic carbocycles. The zero-order chi connectivity index (χ0) is 17.6. The Hall–Kier alpha value is -2.54. The predicted octanol–water partition coefficient (Wildman–Crippen LogP) is 3.09. The van der Waals surface area contributed by atoms with Gasteiger partial charge in [0, 0.05) is 6.20 Å². The van der Waals surface area contributed by atoms with E-state index in [0.29, 0.717) is 38.8 Å². The highest BCUT2D eigenvalue weighted by Crippen LogP contribution is 2.23. The normalized spacial score (nSPS) is 18.7. The minimum Gasteiger partial charge on any atom is -0.461 e. The van der Waals surface area contributed by atoms with Crippen molar-refractivity contribution in [1.82, 2.24) is 9.78 Å². The van der Waals surface area contributed by atoms with Gasteiger partial charge >= 0.3 is 5.97 Å². The number of hydrogen-bond donors (Lipinski definition) is 0. The molecular formula is C18H22N4O3. The number of rotatable bonds is 6. The standard InChI is InChI=1S/C18H22N4O3/c1-3-13(16-8-10-22(21-16)15-11-24-12-15)5-6-14-7-9-19-20-17(14)18(23)25-4-2/h3,5-6,8,10,15H,4,7,9,11-12H2,1-2H3/b6-5-,13-3+. The smallest absolute Gasteiger partial charge is 0.359 e. The fourth-order valence-corrected chi connectivity index (χ4v) is 2.60. The highest BCUT2D eigenvalue weighted by Gasteiger charge is 2.21. The van der Waals surface area contributed by atoms with Crippen molar-refractivity contribution >= 4 is 11.5 Å². The Bertz CT molecular complexity index is 754. The summed E-state index contributed by atoms with van der Waals surface area (Å²) in [4.78, 5) is 12.0. The summed E-state index contributed by atoms with van der Waals surface area (Å²) in [6, 6.07) is 2.31. The van der Waals surface area contributed by atoms with E-state index in [1.165, 1.54) is 0 Å². The van der Waals surface area contributed by atoms with E-state index in [9.17, 15) is 4.79 Å². The summed E-state index contributed by atoms with van der Waals surface area (Å²) in [5.74, 6) is -0.429. The van der Waals surface area contributed by atoms with Gasteiger partial charge in [-0.05, 0) is 37.5 Å². The lowest BCUT2D eigenvalue weighted by atomic mass is 10.1. The van der Waals surface area contributed by atoms with Gasteiger partial charge in [0.25, 0.3) is 0 Å². The van der Waals surface area contributed by atoms with Gasteiger partial charge in [-0.3, -0.25) is 4.68 Å². The fraction of sp³-hybridized carbons (Fsp3) is 0.444. The van der Waals surface area contributed by atoms with Crippen LogP contribution < -0.4 is 0 Å². The van der Waals surface area contributed by atoms with E-state index in [1.54, 1.807) is 6.92 Å². The highest BCUT2D eigenvalue weighted by atomic mass is 16.5. The van der Waals surface area contributed by atoms with Crippen LogP contribution in [0.4, 0.5) is 0 Å². The lowest BCUT2D eigenvalue weighted by Crippen LogP contribution is -2.30. The summed E-state index contributed by atoms with van der Waals surface area (Å²) in [5.41, 5.74) is 3.00. The Morgan fingerprint density at radius 1 is 1.48 bits per heavy atom. The minimum absolute atomic E-state index is 0.289. The molecule has 1 saturated heterocycles. The maximum atomic E-state index is 12.0. The maximum Gasteiger partial charge on any atom is 0.359 e. The zero-order valence-corrected chi connectivity index (χ0v) is 14.5. The first-order valence-corrected chi connectivity index (χ1v) is 8.48. The summed E-state index contributed by atoms with van der Waals surface area (Å²) >= 11 is 0. The van der Waals surface area contributed by atoms with E-state index in [0.717, 1.165) is 16.8 Å². The molecule has 7 nitrogen and oxygen atoms in total. The van der Waals surface area contributed by atoms with Gasteiger partial charge in [0.1, 0.15) is 0 Å². The molecule has 0 atom stereocenters. The molecule has 0 bridgehead atoms. The Balaban J connectivity index is 1.79. The molecule has 0 N–H and O–H groups in total. The third-order valence-electron chi connectivity index (χ3n) is 4.10. The minimum atomic E-state index is -0.429. The van der Waals surface area contributed by atoms with Crippen LogP contribution in [0.2, 0.25) is 0 Å². The van der Waals surface area contributed by atoms with Gasteiger partial charge in [-0.15, -0.1) is 5.11 Å². The predicted molar refractivity (Wildman–Crippen MR) is 92.9 cm³/mol. The number of hydrogen-bond acceptors (Lipinski definition) is 6.